The van der Waals surface area contributed by atoms with E-state index in [1.807, 2.05) is 14.0 Å². The number of piperidine rings is 2. The molecule has 6 nitrogen and oxygen atoms in total. The predicted octanol–water partition coefficient (Wildman–Crippen LogP) is 1.24. The van der Waals surface area contributed by atoms with Crippen LogP contribution >= 0.6 is 0 Å². The standard InChI is InChI=1S/C15H23N5O/c1-9-14(16-3)17-10(2)18-15(9)20-7-6-12-11(8-20)4-5-13(21)19-12/h11-12H,4-8H2,1-3H3,(H,19,21)(H,16,17,18). The summed E-state index contributed by atoms with van der Waals surface area (Å²) >= 11 is 0. The van der Waals surface area contributed by atoms with E-state index in [9.17, 15) is 4.79 Å². The van der Waals surface area contributed by atoms with Gasteiger partial charge in [0.15, 0.2) is 0 Å². The Kier molecular flexibility index (Phi) is 3.69. The highest BCUT2D eigenvalue weighted by atomic mass is 16.1. The first-order valence-corrected chi connectivity index (χ1v) is 7.65. The zero-order chi connectivity index (χ0) is 15.0. The van der Waals surface area contributed by atoms with Crippen LogP contribution in [0.2, 0.25) is 0 Å². The molecule has 2 N–H and O–H groups in total. The summed E-state index contributed by atoms with van der Waals surface area (Å²) < 4.78 is 0. The number of nitrogens with one attached hydrogen (secondary N) is 2. The zero-order valence-corrected chi connectivity index (χ0v) is 12.9. The van der Waals surface area contributed by atoms with Gasteiger partial charge in [0.2, 0.25) is 5.91 Å². The maximum atomic E-state index is 11.5. The van der Waals surface area contributed by atoms with Crippen molar-refractivity contribution in [1.82, 2.24) is 15.3 Å². The molecule has 6 heteroatoms. The van der Waals surface area contributed by atoms with E-state index in [-0.39, 0.29) is 5.91 Å². The van der Waals surface area contributed by atoms with E-state index in [0.717, 1.165) is 49.0 Å². The third kappa shape index (κ3) is 2.66. The maximum absolute atomic E-state index is 11.5. The molecule has 0 radical (unpaired) electrons. The van der Waals surface area contributed by atoms with Crippen molar-refractivity contribution < 1.29 is 4.79 Å². The van der Waals surface area contributed by atoms with Gasteiger partial charge in [0.1, 0.15) is 17.5 Å². The van der Waals surface area contributed by atoms with Crippen LogP contribution in [0.1, 0.15) is 30.7 Å². The molecule has 2 fully saturated rings. The van der Waals surface area contributed by atoms with Crippen LogP contribution < -0.4 is 15.5 Å². The first kappa shape index (κ1) is 14.1. The first-order valence-electron chi connectivity index (χ1n) is 7.65. The van der Waals surface area contributed by atoms with Crippen LogP contribution in [0.25, 0.3) is 0 Å². The van der Waals surface area contributed by atoms with Crippen LogP contribution in [0, 0.1) is 19.8 Å². The fourth-order valence-electron chi connectivity index (χ4n) is 3.47. The van der Waals surface area contributed by atoms with Gasteiger partial charge in [-0.05, 0) is 32.6 Å². The number of hydrogen-bond acceptors (Lipinski definition) is 5. The van der Waals surface area contributed by atoms with Crippen molar-refractivity contribution in [2.24, 2.45) is 5.92 Å². The summed E-state index contributed by atoms with van der Waals surface area (Å²) in [6.45, 7) is 5.89. The van der Waals surface area contributed by atoms with Gasteiger partial charge < -0.3 is 15.5 Å². The summed E-state index contributed by atoms with van der Waals surface area (Å²) in [7, 11) is 1.89. The summed E-state index contributed by atoms with van der Waals surface area (Å²) in [5.41, 5.74) is 1.10. The van der Waals surface area contributed by atoms with Gasteiger partial charge >= 0.3 is 0 Å². The highest BCUT2D eigenvalue weighted by Gasteiger charge is 2.34. The minimum Gasteiger partial charge on any atom is -0.373 e. The van der Waals surface area contributed by atoms with Crippen LogP contribution in [-0.4, -0.2) is 42.1 Å². The summed E-state index contributed by atoms with van der Waals surface area (Å²) in [6, 6.07) is 0.342. The monoisotopic (exact) mass is 289 g/mol. The summed E-state index contributed by atoms with van der Waals surface area (Å²) in [4.78, 5) is 22.9. The van der Waals surface area contributed by atoms with Crippen LogP contribution in [0.15, 0.2) is 0 Å². The van der Waals surface area contributed by atoms with Crippen molar-refractivity contribution in [2.75, 3.05) is 30.4 Å². The zero-order valence-electron chi connectivity index (χ0n) is 12.9. The smallest absolute Gasteiger partial charge is 0.220 e. The molecule has 0 spiro atoms. The number of carbonyl (C=O) groups excluding carboxylic acids is 1. The predicted molar refractivity (Wildman–Crippen MR) is 82.5 cm³/mol. The lowest BCUT2D eigenvalue weighted by Gasteiger charge is -2.42. The Hall–Kier alpha value is -1.85. The van der Waals surface area contributed by atoms with E-state index in [1.54, 1.807) is 0 Å². The number of aryl methyl sites for hydroxylation is 1. The number of carbonyl (C=O) groups is 1. The molecule has 1 aromatic rings. The Labute approximate surface area is 125 Å². The van der Waals surface area contributed by atoms with Crippen molar-refractivity contribution in [3.05, 3.63) is 11.4 Å². The van der Waals surface area contributed by atoms with Crippen molar-refractivity contribution in [2.45, 2.75) is 39.2 Å². The minimum atomic E-state index is 0.205. The second kappa shape index (κ2) is 5.50. The van der Waals surface area contributed by atoms with Crippen molar-refractivity contribution >= 4 is 17.5 Å². The molecule has 2 atom stereocenters. The van der Waals surface area contributed by atoms with E-state index in [1.165, 1.54) is 0 Å². The molecule has 2 aliphatic rings. The van der Waals surface area contributed by atoms with E-state index in [4.69, 9.17) is 0 Å². The van der Waals surface area contributed by atoms with Crippen molar-refractivity contribution in [3.63, 3.8) is 0 Å². The van der Waals surface area contributed by atoms with Crippen molar-refractivity contribution in [3.8, 4) is 0 Å². The third-order valence-electron chi connectivity index (χ3n) is 4.59. The Morgan fingerprint density at radius 3 is 2.86 bits per heavy atom. The van der Waals surface area contributed by atoms with E-state index in [0.29, 0.717) is 18.4 Å². The summed E-state index contributed by atoms with van der Waals surface area (Å²) in [5.74, 6) is 3.46. The molecular weight excluding hydrogens is 266 g/mol. The Morgan fingerprint density at radius 1 is 1.29 bits per heavy atom. The number of anilines is 2. The maximum Gasteiger partial charge on any atom is 0.220 e. The van der Waals surface area contributed by atoms with Gasteiger partial charge in [-0.25, -0.2) is 9.97 Å². The highest BCUT2D eigenvalue weighted by molar-refractivity contribution is 5.77. The van der Waals surface area contributed by atoms with Crippen LogP contribution in [-0.2, 0) is 4.79 Å². The molecular formula is C15H23N5O. The van der Waals surface area contributed by atoms with Gasteiger partial charge in [0.25, 0.3) is 0 Å². The molecule has 2 unspecified atom stereocenters. The van der Waals surface area contributed by atoms with E-state index < -0.39 is 0 Å². The molecule has 3 heterocycles. The van der Waals surface area contributed by atoms with Gasteiger partial charge in [0.05, 0.1) is 0 Å². The molecule has 2 saturated heterocycles. The Morgan fingerprint density at radius 2 is 2.10 bits per heavy atom. The molecule has 1 aromatic heterocycles. The molecule has 0 aromatic carbocycles. The summed E-state index contributed by atoms with van der Waals surface area (Å²) in [6.07, 6.45) is 2.63. The van der Waals surface area contributed by atoms with Gasteiger partial charge in [-0.1, -0.05) is 0 Å². The highest BCUT2D eigenvalue weighted by Crippen LogP contribution is 2.31. The van der Waals surface area contributed by atoms with Crippen LogP contribution in [0.5, 0.6) is 0 Å². The van der Waals surface area contributed by atoms with Crippen LogP contribution in [0.4, 0.5) is 11.6 Å². The molecule has 2 aliphatic heterocycles. The molecule has 21 heavy (non-hydrogen) atoms. The fourth-order valence-corrected chi connectivity index (χ4v) is 3.47. The lowest BCUT2D eigenvalue weighted by molar-refractivity contribution is -0.124. The number of amides is 1. The molecule has 114 valence electrons. The number of fused-ring (bicyclic) bond motifs is 1. The number of hydrogen-bond donors (Lipinski definition) is 2. The van der Waals surface area contributed by atoms with Crippen molar-refractivity contribution in [1.29, 1.82) is 0 Å². The summed E-state index contributed by atoms with van der Waals surface area (Å²) in [5, 5.41) is 6.27. The van der Waals surface area contributed by atoms with Gasteiger partial charge in [-0.15, -0.1) is 0 Å². The number of aromatic nitrogens is 2. The average Bonchev–Trinajstić information content (AvgIpc) is 2.48. The largest absolute Gasteiger partial charge is 0.373 e. The number of nitrogens with zero attached hydrogens (tertiary/aromatic N) is 3. The third-order valence-corrected chi connectivity index (χ3v) is 4.59. The Bertz CT molecular complexity index is 559. The quantitative estimate of drug-likeness (QED) is 0.857. The number of rotatable bonds is 2. The van der Waals surface area contributed by atoms with Gasteiger partial charge in [-0.2, -0.15) is 0 Å². The fraction of sp³-hybridized carbons (Fsp3) is 0.667. The molecule has 0 aliphatic carbocycles. The molecule has 0 saturated carbocycles. The van der Waals surface area contributed by atoms with E-state index >= 15 is 0 Å². The van der Waals surface area contributed by atoms with Gasteiger partial charge in [0, 0.05) is 38.2 Å². The lowest BCUT2D eigenvalue weighted by atomic mass is 9.85. The first-order chi connectivity index (χ1) is 10.1. The topological polar surface area (TPSA) is 70.2 Å². The second-order valence-electron chi connectivity index (χ2n) is 6.03. The SMILES string of the molecule is CNc1nc(C)nc(N2CCC3NC(=O)CCC3C2)c1C. The minimum absolute atomic E-state index is 0.205. The van der Waals surface area contributed by atoms with Gasteiger partial charge in [-0.3, -0.25) is 4.79 Å². The molecule has 0 bridgehead atoms. The van der Waals surface area contributed by atoms with E-state index in [2.05, 4.69) is 32.4 Å². The van der Waals surface area contributed by atoms with Crippen LogP contribution in [0.3, 0.4) is 0 Å². The Balaban J connectivity index is 1.82. The molecule has 3 rings (SSSR count). The molecule has 1 amide bonds. The average molecular weight is 289 g/mol. The normalized spacial score (nSPS) is 25.3. The lowest BCUT2D eigenvalue weighted by Crippen LogP contribution is -2.54. The second-order valence-corrected chi connectivity index (χ2v) is 6.03.